The lowest BCUT2D eigenvalue weighted by Gasteiger charge is -2.08. The van der Waals surface area contributed by atoms with Crippen LogP contribution in [0.5, 0.6) is 0 Å². The van der Waals surface area contributed by atoms with Crippen LogP contribution in [0.4, 0.5) is 0 Å². The highest BCUT2D eigenvalue weighted by molar-refractivity contribution is 6.22. The van der Waals surface area contributed by atoms with Gasteiger partial charge < -0.3 is 9.26 Å². The molecular formula is C14H15ClN2O2. The fraction of sp³-hybridized carbons (Fsp3) is 0.429. The van der Waals surface area contributed by atoms with Crippen molar-refractivity contribution >= 4 is 11.6 Å². The number of benzene rings is 1. The number of nitrogens with zero attached hydrogens (tertiary/aromatic N) is 2. The third-order valence-corrected chi connectivity index (χ3v) is 3.76. The van der Waals surface area contributed by atoms with Gasteiger partial charge in [0.1, 0.15) is 11.5 Å². The summed E-state index contributed by atoms with van der Waals surface area (Å²) in [6.45, 7) is 0. The minimum atomic E-state index is -0.417. The zero-order chi connectivity index (χ0) is 13.2. The van der Waals surface area contributed by atoms with Gasteiger partial charge in [0.25, 0.3) is 0 Å². The Bertz CT molecular complexity index is 539. The van der Waals surface area contributed by atoms with E-state index >= 15 is 0 Å². The second-order valence-electron chi connectivity index (χ2n) is 4.76. The SMILES string of the molecule is COC(c1noc(C(Cl)c2ccccc2)n1)C1CC1. The first-order valence-corrected chi connectivity index (χ1v) is 6.78. The Morgan fingerprint density at radius 1 is 1.32 bits per heavy atom. The molecule has 2 aromatic rings. The van der Waals surface area contributed by atoms with Gasteiger partial charge in [0.05, 0.1) is 0 Å². The fourth-order valence-corrected chi connectivity index (χ4v) is 2.37. The molecule has 2 atom stereocenters. The fourth-order valence-electron chi connectivity index (χ4n) is 2.14. The lowest BCUT2D eigenvalue weighted by molar-refractivity contribution is 0.0751. The summed E-state index contributed by atoms with van der Waals surface area (Å²) >= 11 is 6.35. The molecule has 1 heterocycles. The Balaban J connectivity index is 1.80. The number of rotatable bonds is 5. The molecule has 0 aliphatic heterocycles. The van der Waals surface area contributed by atoms with Crippen molar-refractivity contribution in [1.29, 1.82) is 0 Å². The third kappa shape index (κ3) is 2.65. The van der Waals surface area contributed by atoms with Crippen molar-refractivity contribution in [2.75, 3.05) is 7.11 Å². The van der Waals surface area contributed by atoms with E-state index in [1.807, 2.05) is 30.3 Å². The monoisotopic (exact) mass is 278 g/mol. The van der Waals surface area contributed by atoms with E-state index in [2.05, 4.69) is 10.1 Å². The largest absolute Gasteiger partial charge is 0.373 e. The molecule has 0 N–H and O–H groups in total. The van der Waals surface area contributed by atoms with Gasteiger partial charge in [0.2, 0.25) is 11.7 Å². The van der Waals surface area contributed by atoms with E-state index in [0.29, 0.717) is 17.6 Å². The van der Waals surface area contributed by atoms with Gasteiger partial charge >= 0.3 is 0 Å². The van der Waals surface area contributed by atoms with E-state index in [-0.39, 0.29) is 6.10 Å². The van der Waals surface area contributed by atoms with Crippen LogP contribution in [-0.2, 0) is 4.74 Å². The van der Waals surface area contributed by atoms with Crippen LogP contribution in [0.3, 0.4) is 0 Å². The van der Waals surface area contributed by atoms with Crippen molar-refractivity contribution in [3.63, 3.8) is 0 Å². The Labute approximate surface area is 116 Å². The van der Waals surface area contributed by atoms with E-state index in [1.54, 1.807) is 7.11 Å². The molecular weight excluding hydrogens is 264 g/mol. The van der Waals surface area contributed by atoms with Crippen molar-refractivity contribution in [3.8, 4) is 0 Å². The molecule has 2 unspecified atom stereocenters. The zero-order valence-electron chi connectivity index (χ0n) is 10.6. The Morgan fingerprint density at radius 3 is 2.68 bits per heavy atom. The van der Waals surface area contributed by atoms with E-state index < -0.39 is 5.38 Å². The number of alkyl halides is 1. The van der Waals surface area contributed by atoms with Gasteiger partial charge in [-0.2, -0.15) is 4.98 Å². The van der Waals surface area contributed by atoms with Crippen LogP contribution in [-0.4, -0.2) is 17.3 Å². The molecule has 1 saturated carbocycles. The summed E-state index contributed by atoms with van der Waals surface area (Å²) < 4.78 is 10.7. The number of methoxy groups -OCH3 is 1. The van der Waals surface area contributed by atoms with Gasteiger partial charge in [-0.1, -0.05) is 35.5 Å². The summed E-state index contributed by atoms with van der Waals surface area (Å²) in [5.41, 5.74) is 0.944. The van der Waals surface area contributed by atoms with Gasteiger partial charge in [-0.15, -0.1) is 11.6 Å². The molecule has 100 valence electrons. The van der Waals surface area contributed by atoms with Gasteiger partial charge in [0.15, 0.2) is 0 Å². The lowest BCUT2D eigenvalue weighted by Crippen LogP contribution is -2.06. The van der Waals surface area contributed by atoms with Crippen molar-refractivity contribution in [1.82, 2.24) is 10.1 Å². The number of halogens is 1. The van der Waals surface area contributed by atoms with Gasteiger partial charge in [-0.25, -0.2) is 0 Å². The first-order valence-electron chi connectivity index (χ1n) is 6.35. The molecule has 4 nitrogen and oxygen atoms in total. The standard InChI is InChI=1S/C14H15ClN2O2/c1-18-12(10-7-8-10)13-16-14(19-17-13)11(15)9-5-3-2-4-6-9/h2-6,10-12H,7-8H2,1H3. The van der Waals surface area contributed by atoms with E-state index in [0.717, 1.165) is 18.4 Å². The van der Waals surface area contributed by atoms with Crippen molar-refractivity contribution in [2.24, 2.45) is 5.92 Å². The second-order valence-corrected chi connectivity index (χ2v) is 5.19. The average molecular weight is 279 g/mol. The summed E-state index contributed by atoms with van der Waals surface area (Å²) in [5.74, 6) is 1.54. The molecule has 0 saturated heterocycles. The van der Waals surface area contributed by atoms with Gasteiger partial charge in [-0.3, -0.25) is 0 Å². The molecule has 0 bridgehead atoms. The molecule has 1 aromatic heterocycles. The second kappa shape index (κ2) is 5.31. The van der Waals surface area contributed by atoms with Crippen molar-refractivity contribution in [3.05, 3.63) is 47.6 Å². The van der Waals surface area contributed by atoms with Crippen LogP contribution in [0.15, 0.2) is 34.9 Å². The normalized spacial score (nSPS) is 18.2. The van der Waals surface area contributed by atoms with Gasteiger partial charge in [-0.05, 0) is 24.3 Å². The summed E-state index contributed by atoms with van der Waals surface area (Å²) in [6.07, 6.45) is 2.24. The highest BCUT2D eigenvalue weighted by atomic mass is 35.5. The van der Waals surface area contributed by atoms with Crippen LogP contribution in [0, 0.1) is 5.92 Å². The average Bonchev–Trinajstić information content (AvgIpc) is 3.17. The molecule has 0 amide bonds. The molecule has 0 radical (unpaired) electrons. The van der Waals surface area contributed by atoms with E-state index in [4.69, 9.17) is 20.9 Å². The minimum absolute atomic E-state index is 0.0721. The molecule has 1 aliphatic rings. The maximum absolute atomic E-state index is 6.35. The first-order chi connectivity index (χ1) is 9.29. The summed E-state index contributed by atoms with van der Waals surface area (Å²) in [6, 6.07) is 9.70. The molecule has 1 aliphatic carbocycles. The predicted molar refractivity (Wildman–Crippen MR) is 70.9 cm³/mol. The van der Waals surface area contributed by atoms with Crippen molar-refractivity contribution in [2.45, 2.75) is 24.3 Å². The number of ether oxygens (including phenoxy) is 1. The smallest absolute Gasteiger partial charge is 0.249 e. The first kappa shape index (κ1) is 12.6. The van der Waals surface area contributed by atoms with Crippen LogP contribution < -0.4 is 0 Å². The highest BCUT2D eigenvalue weighted by Crippen LogP contribution is 2.42. The Hall–Kier alpha value is -1.39. The minimum Gasteiger partial charge on any atom is -0.373 e. The Morgan fingerprint density at radius 2 is 2.05 bits per heavy atom. The maximum Gasteiger partial charge on any atom is 0.249 e. The zero-order valence-corrected chi connectivity index (χ0v) is 11.4. The summed E-state index contributed by atoms with van der Waals surface area (Å²) in [4.78, 5) is 4.38. The summed E-state index contributed by atoms with van der Waals surface area (Å²) in [7, 11) is 1.67. The van der Waals surface area contributed by atoms with E-state index in [1.165, 1.54) is 0 Å². The number of hydrogen-bond donors (Lipinski definition) is 0. The van der Waals surface area contributed by atoms with Crippen LogP contribution in [0.2, 0.25) is 0 Å². The molecule has 1 aromatic carbocycles. The summed E-state index contributed by atoms with van der Waals surface area (Å²) in [5, 5.41) is 3.58. The lowest BCUT2D eigenvalue weighted by atomic mass is 10.1. The van der Waals surface area contributed by atoms with Crippen molar-refractivity contribution < 1.29 is 9.26 Å². The Kier molecular flexibility index (Phi) is 3.53. The van der Waals surface area contributed by atoms with Crippen LogP contribution in [0.25, 0.3) is 0 Å². The molecule has 3 rings (SSSR count). The molecule has 1 fully saturated rings. The van der Waals surface area contributed by atoms with Gasteiger partial charge in [0, 0.05) is 7.11 Å². The third-order valence-electron chi connectivity index (χ3n) is 3.33. The highest BCUT2D eigenvalue weighted by Gasteiger charge is 2.36. The quantitative estimate of drug-likeness (QED) is 0.786. The molecule has 5 heteroatoms. The number of aromatic nitrogens is 2. The number of hydrogen-bond acceptors (Lipinski definition) is 4. The van der Waals surface area contributed by atoms with Crippen LogP contribution in [0.1, 0.15) is 41.6 Å². The van der Waals surface area contributed by atoms with E-state index in [9.17, 15) is 0 Å². The topological polar surface area (TPSA) is 48.2 Å². The predicted octanol–water partition coefficient (Wildman–Crippen LogP) is 3.50. The van der Waals surface area contributed by atoms with Crippen LogP contribution >= 0.6 is 11.6 Å². The molecule has 0 spiro atoms. The maximum atomic E-state index is 6.35. The molecule has 19 heavy (non-hydrogen) atoms.